The Morgan fingerprint density at radius 2 is 1.84 bits per heavy atom. The maximum absolute atomic E-state index is 9.50. The van der Waals surface area contributed by atoms with Crippen molar-refractivity contribution in [3.8, 4) is 11.8 Å². The van der Waals surface area contributed by atoms with Gasteiger partial charge in [0.25, 0.3) is 0 Å². The molecule has 0 aliphatic carbocycles. The Balaban J connectivity index is 2.83. The molecule has 1 N–H and O–H groups in total. The van der Waals surface area contributed by atoms with E-state index in [1.807, 2.05) is 0 Å². The fourth-order valence-electron chi connectivity index (χ4n) is 1.76. The molecular weight excluding hydrogens is 264 g/mol. The Bertz CT molecular complexity index is 368. The van der Waals surface area contributed by atoms with Crippen LogP contribution in [0.5, 0.6) is 11.8 Å². The molecule has 0 aromatic carbocycles. The van der Waals surface area contributed by atoms with Crippen molar-refractivity contribution in [2.45, 2.75) is 37.1 Å². The second kappa shape index (κ2) is 8.22. The van der Waals surface area contributed by atoms with E-state index in [1.165, 1.54) is 11.8 Å². The molecule has 1 heterocycles. The molecule has 0 aliphatic rings. The van der Waals surface area contributed by atoms with Gasteiger partial charge in [-0.2, -0.15) is 9.97 Å². The molecule has 0 aliphatic heterocycles. The fourth-order valence-corrected chi connectivity index (χ4v) is 2.75. The molecule has 0 amide bonds. The summed E-state index contributed by atoms with van der Waals surface area (Å²) in [6.45, 7) is 4.38. The van der Waals surface area contributed by atoms with E-state index in [4.69, 9.17) is 9.47 Å². The standard InChI is InChI=1S/C13H22N2O3S/c1-5-6-9(2)10(8-16)19-13-14-11(17-3)7-12(15-13)18-4/h7,9-10,16H,5-6,8H2,1-4H3. The molecule has 6 heteroatoms. The lowest BCUT2D eigenvalue weighted by Crippen LogP contribution is -2.19. The van der Waals surface area contributed by atoms with E-state index in [1.54, 1.807) is 20.3 Å². The van der Waals surface area contributed by atoms with Gasteiger partial charge < -0.3 is 14.6 Å². The Kier molecular flexibility index (Phi) is 6.94. The van der Waals surface area contributed by atoms with Gasteiger partial charge in [0.2, 0.25) is 11.8 Å². The largest absolute Gasteiger partial charge is 0.481 e. The van der Waals surface area contributed by atoms with Gasteiger partial charge in [0, 0.05) is 5.25 Å². The molecule has 2 unspecified atom stereocenters. The quantitative estimate of drug-likeness (QED) is 0.585. The van der Waals surface area contributed by atoms with Gasteiger partial charge in [0.05, 0.1) is 26.9 Å². The second-order valence-corrected chi connectivity index (χ2v) is 5.55. The third-order valence-corrected chi connectivity index (χ3v) is 4.20. The summed E-state index contributed by atoms with van der Waals surface area (Å²) in [6, 6.07) is 1.63. The maximum Gasteiger partial charge on any atom is 0.220 e. The van der Waals surface area contributed by atoms with E-state index in [0.29, 0.717) is 22.8 Å². The number of hydrogen-bond donors (Lipinski definition) is 1. The third kappa shape index (κ3) is 4.87. The van der Waals surface area contributed by atoms with Crippen molar-refractivity contribution in [1.29, 1.82) is 0 Å². The number of ether oxygens (including phenoxy) is 2. The SMILES string of the molecule is CCCC(C)C(CO)Sc1nc(OC)cc(OC)n1. The molecule has 0 radical (unpaired) electrons. The predicted molar refractivity (Wildman–Crippen MR) is 75.9 cm³/mol. The summed E-state index contributed by atoms with van der Waals surface area (Å²) in [5, 5.41) is 10.1. The summed E-state index contributed by atoms with van der Waals surface area (Å²) >= 11 is 1.46. The zero-order chi connectivity index (χ0) is 14.3. The van der Waals surface area contributed by atoms with Gasteiger partial charge in [-0.1, -0.05) is 32.0 Å². The first-order chi connectivity index (χ1) is 9.14. The van der Waals surface area contributed by atoms with Crippen molar-refractivity contribution in [2.24, 2.45) is 5.92 Å². The highest BCUT2D eigenvalue weighted by molar-refractivity contribution is 7.99. The summed E-state index contributed by atoms with van der Waals surface area (Å²) in [4.78, 5) is 8.54. The number of methoxy groups -OCH3 is 2. The van der Waals surface area contributed by atoms with Gasteiger partial charge in [-0.3, -0.25) is 0 Å². The van der Waals surface area contributed by atoms with Crippen LogP contribution in [-0.4, -0.2) is 41.2 Å². The van der Waals surface area contributed by atoms with Gasteiger partial charge in [0.15, 0.2) is 5.16 Å². The lowest BCUT2D eigenvalue weighted by Gasteiger charge is -2.20. The van der Waals surface area contributed by atoms with E-state index < -0.39 is 0 Å². The molecule has 0 saturated heterocycles. The highest BCUT2D eigenvalue weighted by Crippen LogP contribution is 2.30. The van der Waals surface area contributed by atoms with Crippen molar-refractivity contribution < 1.29 is 14.6 Å². The van der Waals surface area contributed by atoms with E-state index in [2.05, 4.69) is 23.8 Å². The molecule has 0 saturated carbocycles. The number of rotatable bonds is 8. The van der Waals surface area contributed by atoms with E-state index in [-0.39, 0.29) is 11.9 Å². The lowest BCUT2D eigenvalue weighted by atomic mass is 10.0. The molecule has 108 valence electrons. The van der Waals surface area contributed by atoms with Crippen molar-refractivity contribution >= 4 is 11.8 Å². The maximum atomic E-state index is 9.50. The number of aliphatic hydroxyl groups is 1. The summed E-state index contributed by atoms with van der Waals surface area (Å²) < 4.78 is 10.2. The van der Waals surface area contributed by atoms with Crippen LogP contribution in [0.4, 0.5) is 0 Å². The van der Waals surface area contributed by atoms with Crippen LogP contribution in [-0.2, 0) is 0 Å². The van der Waals surface area contributed by atoms with Crippen molar-refractivity contribution in [3.63, 3.8) is 0 Å². The summed E-state index contributed by atoms with van der Waals surface area (Å²) in [7, 11) is 3.11. The molecule has 1 rings (SSSR count). The van der Waals surface area contributed by atoms with Crippen molar-refractivity contribution in [3.05, 3.63) is 6.07 Å². The minimum atomic E-state index is 0.0803. The number of hydrogen-bond acceptors (Lipinski definition) is 6. The van der Waals surface area contributed by atoms with E-state index in [9.17, 15) is 5.11 Å². The second-order valence-electron chi connectivity index (χ2n) is 4.34. The van der Waals surface area contributed by atoms with Gasteiger partial charge >= 0.3 is 0 Å². The van der Waals surface area contributed by atoms with E-state index >= 15 is 0 Å². The average Bonchev–Trinajstić information content (AvgIpc) is 2.44. The van der Waals surface area contributed by atoms with Gasteiger partial charge in [-0.05, 0) is 12.3 Å². The van der Waals surface area contributed by atoms with Gasteiger partial charge in [-0.15, -0.1) is 0 Å². The minimum Gasteiger partial charge on any atom is -0.481 e. The minimum absolute atomic E-state index is 0.0803. The van der Waals surface area contributed by atoms with Crippen molar-refractivity contribution in [2.75, 3.05) is 20.8 Å². The van der Waals surface area contributed by atoms with Gasteiger partial charge in [0.1, 0.15) is 0 Å². The first kappa shape index (κ1) is 16.0. The molecule has 2 atom stereocenters. The summed E-state index contributed by atoms with van der Waals surface area (Å²) in [6.07, 6.45) is 2.17. The summed E-state index contributed by atoms with van der Waals surface area (Å²) in [5.74, 6) is 1.34. The van der Waals surface area contributed by atoms with Crippen LogP contribution < -0.4 is 9.47 Å². The molecule has 19 heavy (non-hydrogen) atoms. The summed E-state index contributed by atoms with van der Waals surface area (Å²) in [5.41, 5.74) is 0. The first-order valence-corrected chi connectivity index (χ1v) is 7.27. The predicted octanol–water partition coefficient (Wildman–Crippen LogP) is 2.38. The molecule has 1 aromatic rings. The van der Waals surface area contributed by atoms with Crippen molar-refractivity contribution in [1.82, 2.24) is 9.97 Å². The normalized spacial score (nSPS) is 13.9. The Labute approximate surface area is 118 Å². The fraction of sp³-hybridized carbons (Fsp3) is 0.692. The number of aliphatic hydroxyl groups excluding tert-OH is 1. The van der Waals surface area contributed by atoms with Crippen LogP contribution in [0.25, 0.3) is 0 Å². The average molecular weight is 286 g/mol. The van der Waals surface area contributed by atoms with Crippen LogP contribution in [0.2, 0.25) is 0 Å². The molecule has 0 fully saturated rings. The van der Waals surface area contributed by atoms with Crippen LogP contribution >= 0.6 is 11.8 Å². The molecule has 1 aromatic heterocycles. The number of nitrogens with zero attached hydrogens (tertiary/aromatic N) is 2. The molecular formula is C13H22N2O3S. The van der Waals surface area contributed by atoms with Crippen LogP contribution in [0.1, 0.15) is 26.7 Å². The molecule has 5 nitrogen and oxygen atoms in total. The Hall–Kier alpha value is -1.01. The Morgan fingerprint density at radius 3 is 2.26 bits per heavy atom. The molecule has 0 bridgehead atoms. The monoisotopic (exact) mass is 286 g/mol. The highest BCUT2D eigenvalue weighted by Gasteiger charge is 2.19. The lowest BCUT2D eigenvalue weighted by molar-refractivity contribution is 0.265. The topological polar surface area (TPSA) is 64.5 Å². The smallest absolute Gasteiger partial charge is 0.220 e. The molecule has 0 spiro atoms. The third-order valence-electron chi connectivity index (χ3n) is 2.89. The highest BCUT2D eigenvalue weighted by atomic mass is 32.2. The van der Waals surface area contributed by atoms with Crippen LogP contribution in [0.15, 0.2) is 11.2 Å². The van der Waals surface area contributed by atoms with Crippen LogP contribution in [0.3, 0.4) is 0 Å². The first-order valence-electron chi connectivity index (χ1n) is 6.39. The van der Waals surface area contributed by atoms with E-state index in [0.717, 1.165) is 12.8 Å². The Morgan fingerprint density at radius 1 is 1.26 bits per heavy atom. The number of thioether (sulfide) groups is 1. The zero-order valence-corrected chi connectivity index (χ0v) is 12.7. The zero-order valence-electron chi connectivity index (χ0n) is 11.9. The van der Waals surface area contributed by atoms with Crippen LogP contribution in [0, 0.1) is 5.92 Å². The van der Waals surface area contributed by atoms with Gasteiger partial charge in [-0.25, -0.2) is 0 Å². The number of aromatic nitrogens is 2.